The van der Waals surface area contributed by atoms with Gasteiger partial charge in [-0.1, -0.05) is 0 Å². The molecule has 0 aliphatic carbocycles. The molecule has 0 saturated carbocycles. The van der Waals surface area contributed by atoms with Gasteiger partial charge in [0, 0.05) is 0 Å². The lowest BCUT2D eigenvalue weighted by Crippen LogP contribution is -2.50. The molecule has 1 saturated heterocycles. The van der Waals surface area contributed by atoms with Crippen LogP contribution in [0.5, 0.6) is 0 Å². The summed E-state index contributed by atoms with van der Waals surface area (Å²) in [5.74, 6) is 0. The van der Waals surface area contributed by atoms with Crippen LogP contribution in [-0.2, 0) is 10.0 Å². The number of hydrogen-bond donors (Lipinski definition) is 5. The summed E-state index contributed by atoms with van der Waals surface area (Å²) in [7, 11) is -0.124. The lowest BCUT2D eigenvalue weighted by Gasteiger charge is -1.96. The van der Waals surface area contributed by atoms with Crippen LogP contribution < -0.4 is 26.3 Å². The number of hydrazine groups is 4. The maximum Gasteiger partial charge on any atom is 0.185 e. The summed E-state index contributed by atoms with van der Waals surface area (Å²) in [5.41, 5.74) is 7.32. The van der Waals surface area contributed by atoms with E-state index in [9.17, 15) is 4.21 Å². The normalized spacial score (nSPS) is 31.8. The maximum atomic E-state index is 10.4. The Morgan fingerprint density at radius 1 is 1.25 bits per heavy atom. The number of hydrogen-bond acceptors (Lipinski definition) is 6. The van der Waals surface area contributed by atoms with Gasteiger partial charge >= 0.3 is 0 Å². The van der Waals surface area contributed by atoms with E-state index in [1.807, 2.05) is 0 Å². The van der Waals surface area contributed by atoms with Crippen molar-refractivity contribution in [3.05, 3.63) is 0 Å². The zero-order chi connectivity index (χ0) is 5.82. The zero-order valence-electron chi connectivity index (χ0n) is 3.72. The molecule has 0 aromatic heterocycles. The van der Waals surface area contributed by atoms with E-state index in [1.54, 1.807) is 0 Å². The monoisotopic (exact) mass is 155 g/mol. The van der Waals surface area contributed by atoms with Gasteiger partial charge in [0.05, 0.1) is 11.0 Å². The van der Waals surface area contributed by atoms with E-state index in [4.69, 9.17) is 0 Å². The standard InChI is InChI=1S/H5N5OS2/c6-8-5-3-1-2-4-7-8/h1-5H. The fraction of sp³-hybridized carbons (Fsp3) is 0. The Kier molecular flexibility index (Phi) is 2.69. The van der Waals surface area contributed by atoms with Crippen molar-refractivity contribution in [1.82, 2.24) is 26.3 Å². The Morgan fingerprint density at radius 3 is 3.00 bits per heavy atom. The lowest BCUT2D eigenvalue weighted by molar-refractivity contribution is 0.417. The van der Waals surface area contributed by atoms with Crippen LogP contribution in [0.3, 0.4) is 0 Å². The van der Waals surface area contributed by atoms with Gasteiger partial charge in [-0.2, -0.15) is 21.4 Å². The highest BCUT2D eigenvalue weighted by molar-refractivity contribution is 8.67. The summed E-state index contributed by atoms with van der Waals surface area (Å²) in [6.45, 7) is 0. The van der Waals surface area contributed by atoms with Crippen LogP contribution in [0.1, 0.15) is 0 Å². The van der Waals surface area contributed by atoms with Gasteiger partial charge in [-0.3, -0.25) is 0 Å². The highest BCUT2D eigenvalue weighted by atomic mass is 33.1. The van der Waals surface area contributed by atoms with E-state index in [-0.39, 0.29) is 0 Å². The van der Waals surface area contributed by atoms with Crippen LogP contribution in [0.4, 0.5) is 0 Å². The fourth-order valence-electron chi connectivity index (χ4n) is 0.203. The highest BCUT2D eigenvalue weighted by Crippen LogP contribution is 1.93. The van der Waals surface area contributed by atoms with Gasteiger partial charge in [0.2, 0.25) is 0 Å². The first-order chi connectivity index (χ1) is 3.89. The summed E-state index contributed by atoms with van der Waals surface area (Å²) in [4.78, 5) is 4.92. The van der Waals surface area contributed by atoms with Crippen LogP contribution >= 0.6 is 11.0 Å². The second-order valence-electron chi connectivity index (χ2n) is 0.897. The van der Waals surface area contributed by atoms with E-state index >= 15 is 0 Å². The molecule has 6 nitrogen and oxygen atoms in total. The van der Waals surface area contributed by atoms with Gasteiger partial charge in [-0.15, -0.1) is 4.83 Å². The first-order valence-electron chi connectivity index (χ1n) is 1.74. The van der Waals surface area contributed by atoms with Gasteiger partial charge in [0.15, 0.2) is 10.0 Å². The van der Waals surface area contributed by atoms with E-state index in [0.29, 0.717) is 0 Å². The molecule has 0 aromatic carbocycles. The van der Waals surface area contributed by atoms with Crippen molar-refractivity contribution in [3.8, 4) is 0 Å². The van der Waals surface area contributed by atoms with Gasteiger partial charge in [-0.25, -0.2) is 4.21 Å². The molecule has 8 heteroatoms. The zero-order valence-corrected chi connectivity index (χ0v) is 5.36. The largest absolute Gasteiger partial charge is 0.228 e. The predicted octanol–water partition coefficient (Wildman–Crippen LogP) is -2.17. The number of nitrogens with one attached hydrogen (secondary N) is 5. The van der Waals surface area contributed by atoms with Crippen molar-refractivity contribution in [1.29, 1.82) is 0 Å². The molecule has 0 bridgehead atoms. The van der Waals surface area contributed by atoms with Crippen LogP contribution in [-0.4, -0.2) is 4.21 Å². The van der Waals surface area contributed by atoms with E-state index in [1.165, 1.54) is 0 Å². The van der Waals surface area contributed by atoms with Crippen molar-refractivity contribution in [3.63, 3.8) is 0 Å². The van der Waals surface area contributed by atoms with E-state index < -0.39 is 10.0 Å². The molecule has 48 valence electrons. The third-order valence-corrected chi connectivity index (χ3v) is 1.99. The minimum absolute atomic E-state index is 1.01. The Bertz CT molecular complexity index is 82.4. The molecule has 1 aliphatic heterocycles. The molecular formula is H5N5OS2. The molecular weight excluding hydrogens is 150 g/mol. The van der Waals surface area contributed by atoms with Crippen molar-refractivity contribution >= 4 is 21.0 Å². The molecule has 8 heavy (non-hydrogen) atoms. The Morgan fingerprint density at radius 2 is 2.12 bits per heavy atom. The molecule has 1 aliphatic rings. The molecule has 0 amide bonds. The van der Waals surface area contributed by atoms with Crippen molar-refractivity contribution in [2.45, 2.75) is 0 Å². The van der Waals surface area contributed by atoms with E-state index in [0.717, 1.165) is 11.0 Å². The third kappa shape index (κ3) is 2.05. The van der Waals surface area contributed by atoms with Crippen molar-refractivity contribution in [2.24, 2.45) is 0 Å². The molecule has 1 fully saturated rings. The molecule has 1 rings (SSSR count). The molecule has 1 atom stereocenters. The van der Waals surface area contributed by atoms with Crippen LogP contribution in [0.15, 0.2) is 0 Å². The maximum absolute atomic E-state index is 10.4. The molecule has 0 spiro atoms. The molecule has 1 heterocycles. The quantitative estimate of drug-likeness (QED) is 0.202. The molecule has 0 radical (unpaired) electrons. The smallest absolute Gasteiger partial charge is 0.185 e. The summed E-state index contributed by atoms with van der Waals surface area (Å²) in [6, 6.07) is 0. The van der Waals surface area contributed by atoms with Crippen LogP contribution in [0.25, 0.3) is 0 Å². The van der Waals surface area contributed by atoms with E-state index in [2.05, 4.69) is 26.3 Å². The first kappa shape index (κ1) is 6.42. The Hall–Kier alpha value is 0.300. The second kappa shape index (κ2) is 3.35. The SMILES string of the molecule is O=S1NNNNNS1. The predicted molar refractivity (Wildman–Crippen MR) is 31.4 cm³/mol. The third-order valence-electron chi connectivity index (χ3n) is 0.428. The Balaban J connectivity index is 2.27. The topological polar surface area (TPSA) is 77.2 Å². The number of rotatable bonds is 0. The highest BCUT2D eigenvalue weighted by Gasteiger charge is 2.00. The summed E-state index contributed by atoms with van der Waals surface area (Å²) >= 11 is 0. The van der Waals surface area contributed by atoms with Gasteiger partial charge in [-0.05, 0) is 0 Å². The van der Waals surface area contributed by atoms with Crippen LogP contribution in [0.2, 0.25) is 0 Å². The second-order valence-corrected chi connectivity index (χ2v) is 3.35. The molecule has 5 N–H and O–H groups in total. The van der Waals surface area contributed by atoms with Crippen LogP contribution in [0, 0.1) is 0 Å². The summed E-state index contributed by atoms with van der Waals surface area (Å²) in [5, 5.41) is 0. The van der Waals surface area contributed by atoms with Gasteiger partial charge < -0.3 is 0 Å². The van der Waals surface area contributed by atoms with Crippen molar-refractivity contribution in [2.75, 3.05) is 0 Å². The Labute approximate surface area is 52.2 Å². The fourth-order valence-corrected chi connectivity index (χ4v) is 1.15. The minimum Gasteiger partial charge on any atom is -0.228 e. The lowest BCUT2D eigenvalue weighted by atomic mass is 12.3. The summed E-state index contributed by atoms with van der Waals surface area (Å²) in [6.07, 6.45) is 0. The minimum atomic E-state index is -1.14. The first-order valence-corrected chi connectivity index (χ1v) is 4.22. The summed E-state index contributed by atoms with van der Waals surface area (Å²) < 4.78 is 10.4. The average molecular weight is 155 g/mol. The van der Waals surface area contributed by atoms with Gasteiger partial charge in [0.25, 0.3) is 0 Å². The molecule has 1 unspecified atom stereocenters. The molecule has 0 aromatic rings. The van der Waals surface area contributed by atoms with Crippen molar-refractivity contribution < 1.29 is 4.21 Å². The average Bonchev–Trinajstić information content (AvgIpc) is 1.94. The van der Waals surface area contributed by atoms with Gasteiger partial charge in [0.1, 0.15) is 0 Å².